The monoisotopic (exact) mass is 362 g/mol. The summed E-state index contributed by atoms with van der Waals surface area (Å²) in [4.78, 5) is 16.8. The SMILES string of the molecule is Cc1c(-c2ccccc2)cnc(-c2ccccc2NC(=O)C(C)(C)C)c1F. The smallest absolute Gasteiger partial charge is 0.229 e. The summed E-state index contributed by atoms with van der Waals surface area (Å²) in [5, 5.41) is 2.90. The van der Waals surface area contributed by atoms with Gasteiger partial charge in [0.1, 0.15) is 5.69 Å². The predicted molar refractivity (Wildman–Crippen MR) is 108 cm³/mol. The Labute approximate surface area is 159 Å². The van der Waals surface area contributed by atoms with E-state index in [0.29, 0.717) is 16.8 Å². The summed E-state index contributed by atoms with van der Waals surface area (Å²) in [7, 11) is 0. The molecule has 0 saturated carbocycles. The molecule has 3 nitrogen and oxygen atoms in total. The van der Waals surface area contributed by atoms with Crippen LogP contribution in [0.3, 0.4) is 0 Å². The molecule has 0 aliphatic carbocycles. The molecule has 0 aliphatic rings. The average molecular weight is 362 g/mol. The zero-order chi connectivity index (χ0) is 19.6. The number of rotatable bonds is 3. The third-order valence-electron chi connectivity index (χ3n) is 4.46. The summed E-state index contributed by atoms with van der Waals surface area (Å²) in [6.07, 6.45) is 1.69. The normalized spacial score (nSPS) is 11.3. The van der Waals surface area contributed by atoms with Crippen molar-refractivity contribution in [1.82, 2.24) is 4.98 Å². The number of aromatic nitrogens is 1. The maximum atomic E-state index is 15.2. The van der Waals surface area contributed by atoms with Crippen LogP contribution in [0.15, 0.2) is 60.8 Å². The first kappa shape index (κ1) is 18.8. The quantitative estimate of drug-likeness (QED) is 0.635. The molecule has 0 bridgehead atoms. The van der Waals surface area contributed by atoms with Gasteiger partial charge in [-0.15, -0.1) is 0 Å². The molecule has 3 rings (SSSR count). The highest BCUT2D eigenvalue weighted by molar-refractivity contribution is 5.98. The highest BCUT2D eigenvalue weighted by Gasteiger charge is 2.23. The van der Waals surface area contributed by atoms with Gasteiger partial charge >= 0.3 is 0 Å². The number of pyridine rings is 1. The Hall–Kier alpha value is -3.01. The lowest BCUT2D eigenvalue weighted by Crippen LogP contribution is -2.27. The first-order chi connectivity index (χ1) is 12.8. The summed E-state index contributed by atoms with van der Waals surface area (Å²) in [6, 6.07) is 16.8. The zero-order valence-corrected chi connectivity index (χ0v) is 16.0. The molecule has 0 unspecified atom stereocenters. The third-order valence-corrected chi connectivity index (χ3v) is 4.46. The van der Waals surface area contributed by atoms with E-state index >= 15 is 4.39 Å². The van der Waals surface area contributed by atoms with Crippen LogP contribution in [-0.2, 0) is 4.79 Å². The second kappa shape index (κ2) is 7.31. The van der Waals surface area contributed by atoms with Crippen molar-refractivity contribution < 1.29 is 9.18 Å². The molecular weight excluding hydrogens is 339 g/mol. The molecule has 4 heteroatoms. The first-order valence-electron chi connectivity index (χ1n) is 8.90. The van der Waals surface area contributed by atoms with Crippen LogP contribution in [0.25, 0.3) is 22.4 Å². The van der Waals surface area contributed by atoms with Gasteiger partial charge in [-0.05, 0) is 24.1 Å². The van der Waals surface area contributed by atoms with Crippen LogP contribution < -0.4 is 5.32 Å². The van der Waals surface area contributed by atoms with Gasteiger partial charge in [-0.2, -0.15) is 0 Å². The minimum Gasteiger partial charge on any atom is -0.325 e. The van der Waals surface area contributed by atoms with E-state index < -0.39 is 5.41 Å². The van der Waals surface area contributed by atoms with Crippen molar-refractivity contribution in [2.45, 2.75) is 27.7 Å². The Kier molecular flexibility index (Phi) is 5.08. The van der Waals surface area contributed by atoms with E-state index in [4.69, 9.17) is 0 Å². The molecule has 0 fully saturated rings. The van der Waals surface area contributed by atoms with Crippen molar-refractivity contribution in [3.63, 3.8) is 0 Å². The molecule has 0 radical (unpaired) electrons. The number of hydrogen-bond acceptors (Lipinski definition) is 2. The number of hydrogen-bond donors (Lipinski definition) is 1. The van der Waals surface area contributed by atoms with Gasteiger partial charge in [0.2, 0.25) is 5.91 Å². The van der Waals surface area contributed by atoms with E-state index in [9.17, 15) is 4.79 Å². The van der Waals surface area contributed by atoms with Crippen LogP contribution in [0.5, 0.6) is 0 Å². The number of halogens is 1. The van der Waals surface area contributed by atoms with Gasteiger partial charge in [0.05, 0.1) is 5.69 Å². The minimum atomic E-state index is -0.549. The van der Waals surface area contributed by atoms with E-state index in [0.717, 1.165) is 11.1 Å². The Morgan fingerprint density at radius 1 is 0.963 bits per heavy atom. The molecule has 1 aromatic heterocycles. The standard InChI is InChI=1S/C23H23FN2O/c1-15-18(16-10-6-5-7-11-16)14-25-21(20(15)24)17-12-8-9-13-19(17)26-22(27)23(2,3)4/h5-14H,1-4H3,(H,26,27). The van der Waals surface area contributed by atoms with Crippen molar-refractivity contribution in [2.24, 2.45) is 5.41 Å². The predicted octanol–water partition coefficient (Wildman–Crippen LogP) is 5.85. The van der Waals surface area contributed by atoms with Crippen LogP contribution in [0, 0.1) is 18.2 Å². The summed E-state index contributed by atoms with van der Waals surface area (Å²) >= 11 is 0. The molecule has 1 amide bonds. The number of amides is 1. The maximum absolute atomic E-state index is 15.2. The minimum absolute atomic E-state index is 0.131. The lowest BCUT2D eigenvalue weighted by molar-refractivity contribution is -0.123. The molecule has 0 spiro atoms. The Morgan fingerprint density at radius 3 is 2.26 bits per heavy atom. The van der Waals surface area contributed by atoms with Crippen molar-refractivity contribution in [3.8, 4) is 22.4 Å². The third kappa shape index (κ3) is 3.90. The van der Waals surface area contributed by atoms with E-state index in [-0.39, 0.29) is 17.4 Å². The highest BCUT2D eigenvalue weighted by atomic mass is 19.1. The largest absolute Gasteiger partial charge is 0.325 e. The fourth-order valence-corrected chi connectivity index (χ4v) is 2.78. The van der Waals surface area contributed by atoms with Gasteiger partial charge in [-0.1, -0.05) is 69.3 Å². The molecule has 2 aromatic carbocycles. The van der Waals surface area contributed by atoms with Crippen LogP contribution in [-0.4, -0.2) is 10.9 Å². The summed E-state index contributed by atoms with van der Waals surface area (Å²) in [5.74, 6) is -0.512. The highest BCUT2D eigenvalue weighted by Crippen LogP contribution is 2.34. The molecule has 3 aromatic rings. The number of carbonyl (C=O) groups excluding carboxylic acids is 1. The van der Waals surface area contributed by atoms with Crippen LogP contribution in [0.4, 0.5) is 10.1 Å². The van der Waals surface area contributed by atoms with Gasteiger partial charge < -0.3 is 5.32 Å². The molecule has 138 valence electrons. The fourth-order valence-electron chi connectivity index (χ4n) is 2.78. The molecule has 1 N–H and O–H groups in total. The van der Waals surface area contributed by atoms with Gasteiger partial charge in [-0.3, -0.25) is 9.78 Å². The van der Waals surface area contributed by atoms with E-state index in [2.05, 4.69) is 10.3 Å². The number of carbonyl (C=O) groups is 1. The lowest BCUT2D eigenvalue weighted by atomic mass is 9.95. The number of anilines is 1. The van der Waals surface area contributed by atoms with Gasteiger partial charge in [0, 0.05) is 22.7 Å². The number of nitrogens with one attached hydrogen (secondary N) is 1. The van der Waals surface area contributed by atoms with Crippen LogP contribution in [0.2, 0.25) is 0 Å². The van der Waals surface area contributed by atoms with E-state index in [1.54, 1.807) is 25.3 Å². The van der Waals surface area contributed by atoms with Gasteiger partial charge in [0.15, 0.2) is 5.82 Å². The molecule has 27 heavy (non-hydrogen) atoms. The summed E-state index contributed by atoms with van der Waals surface area (Å²) in [6.45, 7) is 7.26. The topological polar surface area (TPSA) is 42.0 Å². The first-order valence-corrected chi connectivity index (χ1v) is 8.90. The maximum Gasteiger partial charge on any atom is 0.229 e. The second-order valence-electron chi connectivity index (χ2n) is 7.58. The van der Waals surface area contributed by atoms with Crippen LogP contribution in [0.1, 0.15) is 26.3 Å². The lowest BCUT2D eigenvalue weighted by Gasteiger charge is -2.20. The van der Waals surface area contributed by atoms with Crippen molar-refractivity contribution in [2.75, 3.05) is 5.32 Å². The van der Waals surface area contributed by atoms with E-state index in [1.165, 1.54) is 0 Å². The molecule has 0 saturated heterocycles. The van der Waals surface area contributed by atoms with Crippen molar-refractivity contribution >= 4 is 11.6 Å². The number of nitrogens with zero attached hydrogens (tertiary/aromatic N) is 1. The molecule has 0 aliphatic heterocycles. The summed E-state index contributed by atoms with van der Waals surface area (Å²) < 4.78 is 15.2. The zero-order valence-electron chi connectivity index (χ0n) is 16.0. The number of benzene rings is 2. The number of para-hydroxylation sites is 1. The Bertz CT molecular complexity index is 975. The van der Waals surface area contributed by atoms with Gasteiger partial charge in [0.25, 0.3) is 0 Å². The van der Waals surface area contributed by atoms with Crippen molar-refractivity contribution in [1.29, 1.82) is 0 Å². The fraction of sp³-hybridized carbons (Fsp3) is 0.217. The molecule has 1 heterocycles. The molecular formula is C23H23FN2O. The van der Waals surface area contributed by atoms with Gasteiger partial charge in [-0.25, -0.2) is 4.39 Å². The van der Waals surface area contributed by atoms with E-state index in [1.807, 2.05) is 63.2 Å². The van der Waals surface area contributed by atoms with Crippen LogP contribution >= 0.6 is 0 Å². The Morgan fingerprint density at radius 2 is 1.59 bits per heavy atom. The average Bonchev–Trinajstić information content (AvgIpc) is 2.64. The summed E-state index contributed by atoms with van der Waals surface area (Å²) in [5.41, 5.74) is 3.01. The Balaban J connectivity index is 2.06. The molecule has 0 atom stereocenters. The second-order valence-corrected chi connectivity index (χ2v) is 7.58. The van der Waals surface area contributed by atoms with Crippen molar-refractivity contribution in [3.05, 3.63) is 72.2 Å².